The van der Waals surface area contributed by atoms with E-state index in [1.54, 1.807) is 6.20 Å². The first-order valence-corrected chi connectivity index (χ1v) is 9.27. The van der Waals surface area contributed by atoms with Gasteiger partial charge in [0.25, 0.3) is 5.91 Å². The van der Waals surface area contributed by atoms with Crippen molar-refractivity contribution in [2.45, 2.75) is 39.2 Å². The first-order valence-electron chi connectivity index (χ1n) is 9.27. The molecule has 0 spiro atoms. The highest BCUT2D eigenvalue weighted by atomic mass is 16.5. The molecule has 0 radical (unpaired) electrons. The van der Waals surface area contributed by atoms with Crippen LogP contribution in [0.5, 0.6) is 0 Å². The van der Waals surface area contributed by atoms with Gasteiger partial charge in [0.05, 0.1) is 23.0 Å². The second-order valence-electron chi connectivity index (χ2n) is 6.92. The molecule has 138 valence electrons. The summed E-state index contributed by atoms with van der Waals surface area (Å²) in [7, 11) is 0. The normalized spacial score (nSPS) is 17.1. The molecular formula is C21H22N4O2. The molecule has 0 saturated carbocycles. The maximum absolute atomic E-state index is 13.2. The van der Waals surface area contributed by atoms with Gasteiger partial charge in [-0.1, -0.05) is 23.4 Å². The predicted octanol–water partition coefficient (Wildman–Crippen LogP) is 4.12. The molecule has 27 heavy (non-hydrogen) atoms. The van der Waals surface area contributed by atoms with Gasteiger partial charge in [0, 0.05) is 24.4 Å². The summed E-state index contributed by atoms with van der Waals surface area (Å²) >= 11 is 0. The van der Waals surface area contributed by atoms with Crippen LogP contribution in [0, 0.1) is 13.8 Å². The molecular weight excluding hydrogens is 340 g/mol. The van der Waals surface area contributed by atoms with Gasteiger partial charge >= 0.3 is 0 Å². The third-order valence-corrected chi connectivity index (χ3v) is 4.93. The zero-order valence-electron chi connectivity index (χ0n) is 15.6. The minimum atomic E-state index is -0.103. The fourth-order valence-electron chi connectivity index (χ4n) is 3.63. The van der Waals surface area contributed by atoms with Crippen molar-refractivity contribution in [2.75, 3.05) is 6.54 Å². The van der Waals surface area contributed by atoms with Crippen molar-refractivity contribution >= 4 is 5.91 Å². The quantitative estimate of drug-likeness (QED) is 0.701. The maximum atomic E-state index is 13.2. The van der Waals surface area contributed by atoms with Crippen LogP contribution >= 0.6 is 0 Å². The predicted molar refractivity (Wildman–Crippen MR) is 101 cm³/mol. The van der Waals surface area contributed by atoms with E-state index in [0.29, 0.717) is 17.1 Å². The number of aromatic nitrogens is 3. The van der Waals surface area contributed by atoms with Crippen molar-refractivity contribution in [1.82, 2.24) is 20.0 Å². The van der Waals surface area contributed by atoms with Crippen LogP contribution in [-0.2, 0) is 0 Å². The second kappa shape index (κ2) is 7.31. The lowest BCUT2D eigenvalue weighted by Gasteiger charge is -2.36. The average Bonchev–Trinajstić information content (AvgIpc) is 3.14. The van der Waals surface area contributed by atoms with E-state index < -0.39 is 0 Å². The molecule has 1 aromatic carbocycles. The topological polar surface area (TPSA) is 72.1 Å². The van der Waals surface area contributed by atoms with Gasteiger partial charge in [-0.25, -0.2) is 9.97 Å². The van der Waals surface area contributed by atoms with E-state index in [-0.39, 0.29) is 11.9 Å². The first-order chi connectivity index (χ1) is 13.1. The minimum absolute atomic E-state index is 0.0382. The minimum Gasteiger partial charge on any atom is -0.356 e. The van der Waals surface area contributed by atoms with E-state index in [2.05, 4.69) is 10.1 Å². The Morgan fingerprint density at radius 1 is 1.19 bits per heavy atom. The molecule has 3 aromatic rings. The number of nitrogens with zero attached hydrogens (tertiary/aromatic N) is 4. The number of amides is 1. The van der Waals surface area contributed by atoms with E-state index in [1.807, 2.05) is 55.1 Å². The van der Waals surface area contributed by atoms with Gasteiger partial charge in [-0.2, -0.15) is 0 Å². The Kier molecular flexibility index (Phi) is 4.71. The Labute approximate surface area is 158 Å². The fraction of sp³-hybridized carbons (Fsp3) is 0.333. The second-order valence-corrected chi connectivity index (χ2v) is 6.92. The molecule has 1 aliphatic rings. The monoisotopic (exact) mass is 362 g/mol. The van der Waals surface area contributed by atoms with Crippen LogP contribution in [0.2, 0.25) is 0 Å². The van der Waals surface area contributed by atoms with Crippen molar-refractivity contribution in [2.24, 2.45) is 0 Å². The van der Waals surface area contributed by atoms with E-state index in [0.717, 1.165) is 42.8 Å². The number of likely N-dealkylation sites (tertiary alicyclic amines) is 1. The zero-order valence-corrected chi connectivity index (χ0v) is 15.6. The molecule has 0 bridgehead atoms. The lowest BCUT2D eigenvalue weighted by atomic mass is 9.94. The molecule has 2 aromatic heterocycles. The Hall–Kier alpha value is -3.02. The smallest absolute Gasteiger partial charge is 0.254 e. The molecule has 1 saturated heterocycles. The van der Waals surface area contributed by atoms with Gasteiger partial charge in [0.1, 0.15) is 5.82 Å². The van der Waals surface area contributed by atoms with Crippen molar-refractivity contribution in [3.63, 3.8) is 0 Å². The summed E-state index contributed by atoms with van der Waals surface area (Å²) in [6, 6.07) is 11.2. The summed E-state index contributed by atoms with van der Waals surface area (Å²) in [6.45, 7) is 4.47. The third-order valence-electron chi connectivity index (χ3n) is 4.93. The van der Waals surface area contributed by atoms with Crippen molar-refractivity contribution < 1.29 is 9.32 Å². The summed E-state index contributed by atoms with van der Waals surface area (Å²) in [4.78, 5) is 24.2. The van der Waals surface area contributed by atoms with Gasteiger partial charge in [0.2, 0.25) is 0 Å². The highest BCUT2D eigenvalue weighted by molar-refractivity contribution is 5.94. The van der Waals surface area contributed by atoms with E-state index in [9.17, 15) is 4.79 Å². The van der Waals surface area contributed by atoms with Gasteiger partial charge in [-0.15, -0.1) is 0 Å². The van der Waals surface area contributed by atoms with Crippen molar-refractivity contribution in [3.8, 4) is 11.3 Å². The number of aryl methyl sites for hydroxylation is 2. The molecule has 0 aliphatic carbocycles. The molecule has 1 aliphatic heterocycles. The summed E-state index contributed by atoms with van der Waals surface area (Å²) in [5.41, 5.74) is 3.14. The lowest BCUT2D eigenvalue weighted by Crippen LogP contribution is -2.39. The van der Waals surface area contributed by atoms with E-state index >= 15 is 0 Å². The SMILES string of the molecule is Cc1cc(-c2cnc(C)nc2C2CCCCN2C(=O)c2ccccc2)on1. The molecule has 1 unspecified atom stereocenters. The van der Waals surface area contributed by atoms with Gasteiger partial charge in [-0.3, -0.25) is 4.79 Å². The van der Waals surface area contributed by atoms with Gasteiger partial charge in [0.15, 0.2) is 5.76 Å². The Morgan fingerprint density at radius 3 is 2.74 bits per heavy atom. The average molecular weight is 362 g/mol. The van der Waals surface area contributed by atoms with Crippen LogP contribution in [0.15, 0.2) is 47.1 Å². The molecule has 6 nitrogen and oxygen atoms in total. The Morgan fingerprint density at radius 2 is 2.00 bits per heavy atom. The lowest BCUT2D eigenvalue weighted by molar-refractivity contribution is 0.0606. The fourth-order valence-corrected chi connectivity index (χ4v) is 3.63. The van der Waals surface area contributed by atoms with Crippen LogP contribution in [0.4, 0.5) is 0 Å². The van der Waals surface area contributed by atoms with Gasteiger partial charge < -0.3 is 9.42 Å². The van der Waals surface area contributed by atoms with Crippen molar-refractivity contribution in [1.29, 1.82) is 0 Å². The van der Waals surface area contributed by atoms with Crippen LogP contribution in [0.3, 0.4) is 0 Å². The van der Waals surface area contributed by atoms with Crippen molar-refractivity contribution in [3.05, 3.63) is 65.4 Å². The number of carbonyl (C=O) groups excluding carboxylic acids is 1. The highest BCUT2D eigenvalue weighted by Crippen LogP contribution is 2.36. The largest absolute Gasteiger partial charge is 0.356 e. The van der Waals surface area contributed by atoms with Crippen LogP contribution < -0.4 is 0 Å². The molecule has 4 rings (SSSR count). The van der Waals surface area contributed by atoms with E-state index in [1.165, 1.54) is 0 Å². The molecule has 0 N–H and O–H groups in total. The number of hydrogen-bond acceptors (Lipinski definition) is 5. The number of benzene rings is 1. The molecule has 1 amide bonds. The Bertz CT molecular complexity index is 952. The highest BCUT2D eigenvalue weighted by Gasteiger charge is 2.32. The number of piperidine rings is 1. The van der Waals surface area contributed by atoms with Crippen LogP contribution in [0.1, 0.15) is 52.9 Å². The van der Waals surface area contributed by atoms with Crippen LogP contribution in [0.25, 0.3) is 11.3 Å². The van der Waals surface area contributed by atoms with Gasteiger partial charge in [-0.05, 0) is 45.2 Å². The molecule has 6 heteroatoms. The zero-order chi connectivity index (χ0) is 18.8. The first kappa shape index (κ1) is 17.4. The third kappa shape index (κ3) is 3.47. The number of hydrogen-bond donors (Lipinski definition) is 0. The molecule has 3 heterocycles. The summed E-state index contributed by atoms with van der Waals surface area (Å²) in [6.07, 6.45) is 4.70. The van der Waals surface area contributed by atoms with E-state index in [4.69, 9.17) is 9.51 Å². The number of rotatable bonds is 3. The summed E-state index contributed by atoms with van der Waals surface area (Å²) in [5.74, 6) is 1.36. The molecule has 1 fully saturated rings. The molecule has 1 atom stereocenters. The summed E-state index contributed by atoms with van der Waals surface area (Å²) in [5, 5.41) is 3.99. The van der Waals surface area contributed by atoms with Crippen LogP contribution in [-0.4, -0.2) is 32.5 Å². The summed E-state index contributed by atoms with van der Waals surface area (Å²) < 4.78 is 5.47. The standard InChI is InChI=1S/C21H22N4O2/c1-14-12-19(27-24-14)17-13-22-15(2)23-20(17)18-10-6-7-11-25(18)21(26)16-8-4-3-5-9-16/h3-5,8-9,12-13,18H,6-7,10-11H2,1-2H3. The number of carbonyl (C=O) groups is 1. The Balaban J connectivity index is 1.76. The maximum Gasteiger partial charge on any atom is 0.254 e.